The number of nitrogens with one attached hydrogen (secondary N) is 1. The van der Waals surface area contributed by atoms with E-state index in [0.717, 1.165) is 23.8 Å². The number of rotatable bonds is 4. The van der Waals surface area contributed by atoms with Crippen molar-refractivity contribution in [2.45, 2.75) is 58.5 Å². The Morgan fingerprint density at radius 1 is 1.20 bits per heavy atom. The van der Waals surface area contributed by atoms with Crippen LogP contribution in [0.2, 0.25) is 0 Å². The van der Waals surface area contributed by atoms with E-state index in [1.54, 1.807) is 0 Å². The molecule has 1 fully saturated rings. The number of benzene rings is 1. The number of hydrogen-bond acceptors (Lipinski definition) is 2. The molecule has 1 aromatic heterocycles. The van der Waals surface area contributed by atoms with Crippen molar-refractivity contribution in [2.75, 3.05) is 0 Å². The molecular weight excluding hydrogens is 246 g/mol. The number of hydrogen-bond donors (Lipinski definition) is 1. The molecule has 0 radical (unpaired) electrons. The number of fused-ring (bicyclic) bond motifs is 1. The maximum absolute atomic E-state index is 5.84. The first kappa shape index (κ1) is 13.7. The first-order chi connectivity index (χ1) is 9.75. The van der Waals surface area contributed by atoms with Gasteiger partial charge in [-0.2, -0.15) is 0 Å². The van der Waals surface area contributed by atoms with Crippen LogP contribution in [-0.4, -0.2) is 6.04 Å². The van der Waals surface area contributed by atoms with E-state index in [1.807, 2.05) is 6.07 Å². The summed E-state index contributed by atoms with van der Waals surface area (Å²) in [6, 6.07) is 8.94. The van der Waals surface area contributed by atoms with Gasteiger partial charge in [-0.25, -0.2) is 0 Å². The molecule has 108 valence electrons. The lowest BCUT2D eigenvalue weighted by atomic mass is 9.84. The van der Waals surface area contributed by atoms with Gasteiger partial charge in [0.25, 0.3) is 0 Å². The topological polar surface area (TPSA) is 25.2 Å². The molecule has 0 amide bonds. The van der Waals surface area contributed by atoms with Crippen molar-refractivity contribution in [3.63, 3.8) is 0 Å². The third-order valence-corrected chi connectivity index (χ3v) is 4.86. The maximum Gasteiger partial charge on any atom is 0.134 e. The van der Waals surface area contributed by atoms with E-state index in [0.29, 0.717) is 6.04 Å². The molecule has 0 aliphatic heterocycles. The molecule has 1 saturated carbocycles. The van der Waals surface area contributed by atoms with Gasteiger partial charge in [0.1, 0.15) is 11.3 Å². The van der Waals surface area contributed by atoms with Crippen LogP contribution < -0.4 is 5.32 Å². The zero-order valence-electron chi connectivity index (χ0n) is 12.6. The van der Waals surface area contributed by atoms with Crippen molar-refractivity contribution in [1.82, 2.24) is 5.32 Å². The molecule has 1 N–H and O–H groups in total. The highest BCUT2D eigenvalue weighted by molar-refractivity contribution is 5.82. The second kappa shape index (κ2) is 6.01. The minimum Gasteiger partial charge on any atom is -0.461 e. The molecule has 3 rings (SSSR count). The average Bonchev–Trinajstić information content (AvgIpc) is 2.81. The summed E-state index contributed by atoms with van der Waals surface area (Å²) in [6.45, 7) is 5.33. The SMILES string of the molecule is Cc1oc2ccccc2c1CN[C@H](C)C1CCCCC1. The summed E-state index contributed by atoms with van der Waals surface area (Å²) >= 11 is 0. The molecule has 1 aliphatic carbocycles. The third kappa shape index (κ3) is 2.76. The largest absolute Gasteiger partial charge is 0.461 e. The van der Waals surface area contributed by atoms with Gasteiger partial charge in [0.15, 0.2) is 0 Å². The maximum atomic E-state index is 5.84. The Kier molecular flexibility index (Phi) is 4.11. The van der Waals surface area contributed by atoms with Gasteiger partial charge in [-0.3, -0.25) is 0 Å². The lowest BCUT2D eigenvalue weighted by Gasteiger charge is -2.28. The normalized spacial score (nSPS) is 18.5. The van der Waals surface area contributed by atoms with E-state index < -0.39 is 0 Å². The highest BCUT2D eigenvalue weighted by Gasteiger charge is 2.20. The second-order valence-electron chi connectivity index (χ2n) is 6.20. The van der Waals surface area contributed by atoms with Crippen LogP contribution in [0.3, 0.4) is 0 Å². The lowest BCUT2D eigenvalue weighted by Crippen LogP contribution is -2.34. The third-order valence-electron chi connectivity index (χ3n) is 4.86. The van der Waals surface area contributed by atoms with Gasteiger partial charge < -0.3 is 9.73 Å². The Hall–Kier alpha value is -1.28. The minimum absolute atomic E-state index is 0.600. The number of furan rings is 1. The fourth-order valence-corrected chi connectivity index (χ4v) is 3.50. The molecule has 0 spiro atoms. The predicted octanol–water partition coefficient (Wildman–Crippen LogP) is 4.80. The van der Waals surface area contributed by atoms with Crippen molar-refractivity contribution in [1.29, 1.82) is 0 Å². The summed E-state index contributed by atoms with van der Waals surface area (Å²) < 4.78 is 5.84. The van der Waals surface area contributed by atoms with E-state index >= 15 is 0 Å². The van der Waals surface area contributed by atoms with Crippen molar-refractivity contribution in [2.24, 2.45) is 5.92 Å². The molecule has 20 heavy (non-hydrogen) atoms. The Morgan fingerprint density at radius 3 is 2.75 bits per heavy atom. The molecule has 2 nitrogen and oxygen atoms in total. The van der Waals surface area contributed by atoms with E-state index in [-0.39, 0.29) is 0 Å². The van der Waals surface area contributed by atoms with Gasteiger partial charge in [-0.15, -0.1) is 0 Å². The summed E-state index contributed by atoms with van der Waals surface area (Å²) in [7, 11) is 0. The van der Waals surface area contributed by atoms with Crippen LogP contribution in [0.4, 0.5) is 0 Å². The fraction of sp³-hybridized carbons (Fsp3) is 0.556. The van der Waals surface area contributed by atoms with Crippen LogP contribution >= 0.6 is 0 Å². The Bertz CT molecular complexity index is 566. The smallest absolute Gasteiger partial charge is 0.134 e. The van der Waals surface area contributed by atoms with Crippen molar-refractivity contribution >= 4 is 11.0 Å². The van der Waals surface area contributed by atoms with E-state index in [2.05, 4.69) is 37.4 Å². The summed E-state index contributed by atoms with van der Waals surface area (Å²) in [5.74, 6) is 1.90. The van der Waals surface area contributed by atoms with Crippen LogP contribution in [-0.2, 0) is 6.54 Å². The van der Waals surface area contributed by atoms with Gasteiger partial charge in [0.05, 0.1) is 0 Å². The minimum atomic E-state index is 0.600. The van der Waals surface area contributed by atoms with Crippen LogP contribution in [0.5, 0.6) is 0 Å². The highest BCUT2D eigenvalue weighted by Crippen LogP contribution is 2.28. The van der Waals surface area contributed by atoms with Crippen molar-refractivity contribution < 1.29 is 4.42 Å². The predicted molar refractivity (Wildman–Crippen MR) is 83.8 cm³/mol. The Morgan fingerprint density at radius 2 is 1.95 bits per heavy atom. The number of para-hydroxylation sites is 1. The summed E-state index contributed by atoms with van der Waals surface area (Å²) in [6.07, 6.45) is 7.02. The molecule has 2 aromatic rings. The summed E-state index contributed by atoms with van der Waals surface area (Å²) in [5.41, 5.74) is 2.33. The average molecular weight is 271 g/mol. The van der Waals surface area contributed by atoms with Gasteiger partial charge in [0, 0.05) is 23.5 Å². The second-order valence-corrected chi connectivity index (χ2v) is 6.20. The van der Waals surface area contributed by atoms with Crippen LogP contribution in [0.15, 0.2) is 28.7 Å². The van der Waals surface area contributed by atoms with Crippen molar-refractivity contribution in [3.8, 4) is 0 Å². The monoisotopic (exact) mass is 271 g/mol. The Balaban J connectivity index is 1.68. The van der Waals surface area contributed by atoms with Crippen LogP contribution in [0, 0.1) is 12.8 Å². The summed E-state index contributed by atoms with van der Waals surface area (Å²) in [5, 5.41) is 4.99. The van der Waals surface area contributed by atoms with Gasteiger partial charge in [0.2, 0.25) is 0 Å². The van der Waals surface area contributed by atoms with Gasteiger partial charge in [-0.05, 0) is 38.7 Å². The molecule has 0 bridgehead atoms. The standard InChI is InChI=1S/C18H25NO/c1-13(15-8-4-3-5-9-15)19-12-17-14(2)20-18-11-7-6-10-16(17)18/h6-7,10-11,13,15,19H,3-5,8-9,12H2,1-2H3/t13-/m1/s1. The van der Waals surface area contributed by atoms with E-state index in [9.17, 15) is 0 Å². The molecule has 1 aromatic carbocycles. The number of aryl methyl sites for hydroxylation is 1. The molecule has 2 heteroatoms. The summed E-state index contributed by atoms with van der Waals surface area (Å²) in [4.78, 5) is 0. The fourth-order valence-electron chi connectivity index (χ4n) is 3.50. The van der Waals surface area contributed by atoms with E-state index in [1.165, 1.54) is 43.1 Å². The van der Waals surface area contributed by atoms with Crippen molar-refractivity contribution in [3.05, 3.63) is 35.6 Å². The van der Waals surface area contributed by atoms with Crippen LogP contribution in [0.1, 0.15) is 50.4 Å². The quantitative estimate of drug-likeness (QED) is 0.864. The zero-order valence-corrected chi connectivity index (χ0v) is 12.6. The molecule has 1 atom stereocenters. The molecule has 1 aliphatic rings. The van der Waals surface area contributed by atoms with E-state index in [4.69, 9.17) is 4.42 Å². The molecule has 0 saturated heterocycles. The molecule has 0 unspecified atom stereocenters. The first-order valence-corrected chi connectivity index (χ1v) is 7.96. The Labute approximate surface area is 121 Å². The molecule has 1 heterocycles. The zero-order chi connectivity index (χ0) is 13.9. The van der Waals surface area contributed by atoms with Gasteiger partial charge >= 0.3 is 0 Å². The first-order valence-electron chi connectivity index (χ1n) is 7.96. The lowest BCUT2D eigenvalue weighted by molar-refractivity contribution is 0.280. The molecular formula is C18H25NO. The van der Waals surface area contributed by atoms with Gasteiger partial charge in [-0.1, -0.05) is 37.5 Å². The van der Waals surface area contributed by atoms with Crippen LogP contribution in [0.25, 0.3) is 11.0 Å². The highest BCUT2D eigenvalue weighted by atomic mass is 16.3.